The van der Waals surface area contributed by atoms with Gasteiger partial charge < -0.3 is 94.5 Å². The molecule has 0 aromatic heterocycles. The molecule has 4 aliphatic rings. The van der Waals surface area contributed by atoms with Crippen molar-refractivity contribution in [3.05, 3.63) is 11.8 Å². The number of ether oxygens (including phenoxy) is 9. The van der Waals surface area contributed by atoms with Gasteiger partial charge in [0.25, 0.3) is 5.91 Å². The van der Waals surface area contributed by atoms with Crippen molar-refractivity contribution < 1.29 is 91.8 Å². The van der Waals surface area contributed by atoms with Crippen LogP contribution in [0.3, 0.4) is 0 Å². The fraction of sp³-hybridized carbons (Fsp3) is 0.846. The van der Waals surface area contributed by atoms with Crippen LogP contribution >= 0.6 is 0 Å². The van der Waals surface area contributed by atoms with Crippen LogP contribution in [0.15, 0.2) is 11.8 Å². The number of aliphatic hydroxyl groups is 4. The average molecular weight is 1100 g/mol. The molecule has 25 nitrogen and oxygen atoms in total. The Morgan fingerprint density at radius 3 is 1.71 bits per heavy atom. The van der Waals surface area contributed by atoms with Gasteiger partial charge in [-0.2, -0.15) is 0 Å². The Balaban J connectivity index is 1.74. The Morgan fingerprint density at radius 2 is 1.19 bits per heavy atom. The Bertz CT molecular complexity index is 2080. The number of alkyl carbamates (subject to hydrolysis) is 3. The molecule has 2 aliphatic carbocycles. The van der Waals surface area contributed by atoms with E-state index in [0.717, 1.165) is 17.7 Å². The van der Waals surface area contributed by atoms with Crippen LogP contribution in [-0.2, 0) is 52.2 Å². The van der Waals surface area contributed by atoms with Crippen molar-refractivity contribution in [1.29, 1.82) is 0 Å². The number of amides is 5. The third-order valence-corrected chi connectivity index (χ3v) is 12.2. The molecule has 2 heterocycles. The fourth-order valence-corrected chi connectivity index (χ4v) is 8.84. The third kappa shape index (κ3) is 21.1. The van der Waals surface area contributed by atoms with E-state index in [-0.39, 0.29) is 37.2 Å². The van der Waals surface area contributed by atoms with E-state index in [2.05, 4.69) is 26.6 Å². The van der Waals surface area contributed by atoms with Gasteiger partial charge in [0.2, 0.25) is 6.29 Å². The minimum atomic E-state index is -1.94. The summed E-state index contributed by atoms with van der Waals surface area (Å²) in [5.74, 6) is -1.02. The second kappa shape index (κ2) is 25.1. The molecule has 25 heteroatoms. The summed E-state index contributed by atoms with van der Waals surface area (Å²) in [5, 5.41) is 61.1. The molecule has 0 spiro atoms. The highest BCUT2D eigenvalue weighted by atomic mass is 16.7. The molecule has 5 amide bonds. The van der Waals surface area contributed by atoms with E-state index in [1.165, 1.54) is 14.0 Å². The lowest BCUT2D eigenvalue weighted by Crippen LogP contribution is -2.71. The zero-order chi connectivity index (χ0) is 58.4. The molecule has 2 aliphatic heterocycles. The van der Waals surface area contributed by atoms with E-state index in [0.29, 0.717) is 12.3 Å². The van der Waals surface area contributed by atoms with Gasteiger partial charge in [-0.1, -0.05) is 0 Å². The zero-order valence-corrected chi connectivity index (χ0v) is 48.2. The number of likely N-dealkylation sites (N-methyl/N-ethyl adjacent to an activating group) is 1. The van der Waals surface area contributed by atoms with Crippen LogP contribution in [0.4, 0.5) is 19.2 Å². The van der Waals surface area contributed by atoms with Gasteiger partial charge in [-0.3, -0.25) is 9.59 Å². The summed E-state index contributed by atoms with van der Waals surface area (Å²) in [6.45, 7) is 25.9. The van der Waals surface area contributed by atoms with Gasteiger partial charge in [0, 0.05) is 13.6 Å². The van der Waals surface area contributed by atoms with Gasteiger partial charge in [-0.05, 0) is 148 Å². The van der Waals surface area contributed by atoms with Gasteiger partial charge in [0.1, 0.15) is 69.9 Å². The van der Waals surface area contributed by atoms with Gasteiger partial charge >= 0.3 is 30.3 Å². The molecule has 0 radical (unpaired) electrons. The number of rotatable bonds is 17. The molecule has 442 valence electrons. The maximum Gasteiger partial charge on any atom is 0.410 e. The van der Waals surface area contributed by atoms with Crippen molar-refractivity contribution >= 4 is 36.2 Å². The Kier molecular flexibility index (Phi) is 21.1. The molecule has 12 atom stereocenters. The summed E-state index contributed by atoms with van der Waals surface area (Å²) in [4.78, 5) is 80.5. The van der Waals surface area contributed by atoms with Gasteiger partial charge in [-0.15, -0.1) is 0 Å². The number of esters is 1. The summed E-state index contributed by atoms with van der Waals surface area (Å²) in [6, 6.07) is -5.14. The van der Waals surface area contributed by atoms with E-state index >= 15 is 0 Å². The molecule has 9 N–H and O–H groups in total. The first-order chi connectivity index (χ1) is 35.0. The molecule has 0 aromatic rings. The number of hydrogen-bond donors (Lipinski definition) is 9. The largest absolute Gasteiger partial charge is 0.466 e. The normalized spacial score (nSPS) is 29.0. The van der Waals surface area contributed by atoms with Crippen LogP contribution in [-0.4, -0.2) is 196 Å². The quantitative estimate of drug-likeness (QED) is 0.0746. The standard InChI is InChI=1S/C52H90N6O19/c1-46(2,3)73-33(60)23-52(20-21-52)26-53-24-28-18-19-29(56-43(65)75-48(7,8)9)40(70-28)71-37-31(57-44(66)76-49(10,11)12)22-30(55-39(63)32(59)25-54-42(64)74-47(4,5)6)36(34(37)61)72-41-35(62)38(51(16,68)27-69-41)58(17)45(67)77-50(13,14)15/h18,29-32,34-38,40-41,53,59,61-62,68H,19-27H2,1-17H3,(H,54,64)(H,55,63)(H,56,65)(H,57,66)/t29-,30-,31+,32+,34-,35-,36+,37-,38-,40-,41-,51+/m1/s1. The SMILES string of the molecule is CN(C(=O)OC(C)(C)C)[C@@H]1[C@@H](O)[C@@H](O[C@@H]2[C@@H](O)[C@H](O[C@H]3OC(CNCC4(CC(=O)OC(C)(C)C)CC4)=CC[C@H]3NC(=O)OC(C)(C)C)[C@@H](NC(=O)OC(C)(C)C)C[C@H]2NC(=O)[C@@H](O)CNC(=O)OC(C)(C)C)OC[C@]1(C)O. The highest BCUT2D eigenvalue weighted by Gasteiger charge is 2.55. The molecule has 0 aromatic carbocycles. The zero-order valence-electron chi connectivity index (χ0n) is 48.2. The molecule has 0 bridgehead atoms. The van der Waals surface area contributed by atoms with E-state index in [1.54, 1.807) is 110 Å². The predicted octanol–water partition coefficient (Wildman–Crippen LogP) is 3.11. The summed E-state index contributed by atoms with van der Waals surface area (Å²) in [7, 11) is 1.30. The van der Waals surface area contributed by atoms with E-state index in [1.807, 2.05) is 0 Å². The van der Waals surface area contributed by atoms with Gasteiger partial charge in [0.15, 0.2) is 6.29 Å². The van der Waals surface area contributed by atoms with Crippen molar-refractivity contribution in [3.8, 4) is 0 Å². The van der Waals surface area contributed by atoms with Crippen molar-refractivity contribution in [2.75, 3.05) is 33.3 Å². The molecule has 4 rings (SSSR count). The lowest BCUT2D eigenvalue weighted by Gasteiger charge is -2.50. The summed E-state index contributed by atoms with van der Waals surface area (Å²) >= 11 is 0. The predicted molar refractivity (Wildman–Crippen MR) is 276 cm³/mol. The summed E-state index contributed by atoms with van der Waals surface area (Å²) < 4.78 is 53.0. The summed E-state index contributed by atoms with van der Waals surface area (Å²) in [6.07, 6.45) is -12.5. The monoisotopic (exact) mass is 1100 g/mol. The second-order valence-electron chi connectivity index (χ2n) is 25.8. The van der Waals surface area contributed by atoms with Crippen LogP contribution in [0, 0.1) is 5.41 Å². The van der Waals surface area contributed by atoms with Crippen molar-refractivity contribution in [3.63, 3.8) is 0 Å². The van der Waals surface area contributed by atoms with Crippen molar-refractivity contribution in [1.82, 2.24) is 31.5 Å². The maximum atomic E-state index is 13.9. The number of aliphatic hydroxyl groups excluding tert-OH is 3. The van der Waals surface area contributed by atoms with Crippen molar-refractivity contribution in [2.24, 2.45) is 5.41 Å². The first-order valence-corrected chi connectivity index (χ1v) is 26.2. The lowest BCUT2D eigenvalue weighted by molar-refractivity contribution is -0.311. The fourth-order valence-electron chi connectivity index (χ4n) is 8.84. The Morgan fingerprint density at radius 1 is 0.701 bits per heavy atom. The molecular weight excluding hydrogens is 1010 g/mol. The van der Waals surface area contributed by atoms with Crippen LogP contribution in [0.25, 0.3) is 0 Å². The smallest absolute Gasteiger partial charge is 0.410 e. The van der Waals surface area contributed by atoms with Gasteiger partial charge in [-0.25, -0.2) is 19.2 Å². The van der Waals surface area contributed by atoms with E-state index in [4.69, 9.17) is 42.6 Å². The highest BCUT2D eigenvalue weighted by molar-refractivity contribution is 5.82. The number of carbonyl (C=O) groups excluding carboxylic acids is 6. The number of carbonyl (C=O) groups is 6. The third-order valence-electron chi connectivity index (χ3n) is 12.2. The highest BCUT2D eigenvalue weighted by Crippen LogP contribution is 2.48. The summed E-state index contributed by atoms with van der Waals surface area (Å²) in [5.41, 5.74) is -6.66. The molecule has 0 unspecified atom stereocenters. The first kappa shape index (κ1) is 64.8. The first-order valence-electron chi connectivity index (χ1n) is 26.2. The van der Waals surface area contributed by atoms with Crippen molar-refractivity contribution in [2.45, 2.75) is 244 Å². The van der Waals surface area contributed by atoms with E-state index < -0.39 is 144 Å². The topological polar surface area (TPSA) is 330 Å². The van der Waals surface area contributed by atoms with Crippen LogP contribution in [0.5, 0.6) is 0 Å². The minimum Gasteiger partial charge on any atom is -0.466 e. The average Bonchev–Trinajstić information content (AvgIpc) is 3.99. The molecule has 2 saturated carbocycles. The maximum absolute atomic E-state index is 13.9. The van der Waals surface area contributed by atoms with Crippen LogP contribution in [0.2, 0.25) is 0 Å². The molecule has 3 fully saturated rings. The number of nitrogens with zero attached hydrogens (tertiary/aromatic N) is 1. The van der Waals surface area contributed by atoms with E-state index in [9.17, 15) is 49.2 Å². The second-order valence-corrected chi connectivity index (χ2v) is 25.8. The Hall–Kier alpha value is -4.76. The number of nitrogens with one attached hydrogen (secondary N) is 5. The van der Waals surface area contributed by atoms with Crippen LogP contribution in [0.1, 0.15) is 143 Å². The molecular formula is C52H90N6O19. The molecule has 1 saturated heterocycles. The van der Waals surface area contributed by atoms with Gasteiger partial charge in [0.05, 0.1) is 50.3 Å². The Labute approximate surface area is 452 Å². The minimum absolute atomic E-state index is 0.110. The molecule has 77 heavy (non-hydrogen) atoms. The lowest BCUT2D eigenvalue weighted by atomic mass is 9.82. The van der Waals surface area contributed by atoms with Crippen LogP contribution < -0.4 is 26.6 Å². The number of hydrogen-bond acceptors (Lipinski definition) is 20.